The quantitative estimate of drug-likeness (QED) is 0.581. The van der Waals surface area contributed by atoms with Crippen LogP contribution < -0.4 is 0 Å². The summed E-state index contributed by atoms with van der Waals surface area (Å²) in [6.07, 6.45) is 1.96. The van der Waals surface area contributed by atoms with Gasteiger partial charge in [-0.15, -0.1) is 0 Å². The summed E-state index contributed by atoms with van der Waals surface area (Å²) in [6.45, 7) is 1.10. The minimum atomic E-state index is -0.0568. The van der Waals surface area contributed by atoms with Gasteiger partial charge in [0.1, 0.15) is 5.58 Å². The Morgan fingerprint density at radius 3 is 2.77 bits per heavy atom. The van der Waals surface area contributed by atoms with Crippen LogP contribution in [0.4, 0.5) is 0 Å². The van der Waals surface area contributed by atoms with Crippen LogP contribution in [0.15, 0.2) is 57.4 Å². The first-order valence-corrected chi connectivity index (χ1v) is 9.54. The maximum atomic E-state index is 13.3. The molecule has 2 heterocycles. The van der Waals surface area contributed by atoms with Gasteiger partial charge in [-0.3, -0.25) is 4.79 Å². The largest absolute Gasteiger partial charge is 0.451 e. The zero-order valence-corrected chi connectivity index (χ0v) is 16.2. The second-order valence-corrected chi connectivity index (χ2v) is 7.46. The molecule has 1 aliphatic rings. The van der Waals surface area contributed by atoms with Crippen molar-refractivity contribution in [2.24, 2.45) is 0 Å². The average molecular weight is 414 g/mol. The van der Waals surface area contributed by atoms with Crippen LogP contribution >= 0.6 is 15.9 Å². The van der Waals surface area contributed by atoms with Gasteiger partial charge in [0, 0.05) is 29.1 Å². The number of carbonyl (C=O) groups excluding carboxylic acids is 1. The molecule has 1 atom stereocenters. The SMILES string of the molecule is COCc1c(C(=O)N2CCCC2c2ccc(Br)cc2)oc2ccccc12. The summed E-state index contributed by atoms with van der Waals surface area (Å²) in [5.41, 5.74) is 2.71. The lowest BCUT2D eigenvalue weighted by molar-refractivity contribution is 0.0699. The number of rotatable bonds is 4. The number of hydrogen-bond donors (Lipinski definition) is 0. The fourth-order valence-corrected chi connectivity index (χ4v) is 4.00. The van der Waals surface area contributed by atoms with E-state index in [0.717, 1.165) is 46.0 Å². The number of fused-ring (bicyclic) bond motifs is 1. The van der Waals surface area contributed by atoms with Crippen LogP contribution in [0, 0.1) is 0 Å². The molecule has 1 fully saturated rings. The third-order valence-electron chi connectivity index (χ3n) is 4.95. The highest BCUT2D eigenvalue weighted by Gasteiger charge is 2.34. The molecule has 5 heteroatoms. The molecule has 134 valence electrons. The molecule has 1 saturated heterocycles. The number of hydrogen-bond acceptors (Lipinski definition) is 3. The molecule has 3 aromatic rings. The Bertz CT molecular complexity index is 932. The predicted molar refractivity (Wildman–Crippen MR) is 104 cm³/mol. The summed E-state index contributed by atoms with van der Waals surface area (Å²) in [5, 5.41) is 0.942. The summed E-state index contributed by atoms with van der Waals surface area (Å²) in [4.78, 5) is 15.3. The number of carbonyl (C=O) groups is 1. The molecule has 26 heavy (non-hydrogen) atoms. The van der Waals surface area contributed by atoms with Gasteiger partial charge in [-0.25, -0.2) is 0 Å². The summed E-state index contributed by atoms with van der Waals surface area (Å²) in [6, 6.07) is 16.0. The Balaban J connectivity index is 1.71. The van der Waals surface area contributed by atoms with Crippen LogP contribution in [0.2, 0.25) is 0 Å². The minimum Gasteiger partial charge on any atom is -0.451 e. The van der Waals surface area contributed by atoms with Gasteiger partial charge in [-0.05, 0) is 36.6 Å². The van der Waals surface area contributed by atoms with E-state index in [2.05, 4.69) is 28.1 Å². The first-order chi connectivity index (χ1) is 12.7. The molecule has 1 aliphatic heterocycles. The van der Waals surface area contributed by atoms with E-state index in [-0.39, 0.29) is 11.9 Å². The summed E-state index contributed by atoms with van der Waals surface area (Å²) < 4.78 is 12.3. The van der Waals surface area contributed by atoms with E-state index in [1.807, 2.05) is 41.3 Å². The zero-order valence-electron chi connectivity index (χ0n) is 14.6. The third-order valence-corrected chi connectivity index (χ3v) is 5.48. The standard InChI is InChI=1S/C21H20BrNO3/c1-25-13-17-16-5-2-3-7-19(16)26-20(17)21(24)23-12-4-6-18(23)14-8-10-15(22)11-9-14/h2-3,5,7-11,18H,4,6,12-13H2,1H3. The molecule has 4 nitrogen and oxygen atoms in total. The van der Waals surface area contributed by atoms with Gasteiger partial charge in [-0.2, -0.15) is 0 Å². The normalized spacial score (nSPS) is 17.2. The molecule has 0 radical (unpaired) electrons. The zero-order chi connectivity index (χ0) is 18.1. The van der Waals surface area contributed by atoms with E-state index in [9.17, 15) is 4.79 Å². The Morgan fingerprint density at radius 2 is 2.00 bits per heavy atom. The van der Waals surface area contributed by atoms with Gasteiger partial charge >= 0.3 is 0 Å². The average Bonchev–Trinajstić information content (AvgIpc) is 3.28. The number of halogens is 1. The van der Waals surface area contributed by atoms with Gasteiger partial charge < -0.3 is 14.1 Å². The van der Waals surface area contributed by atoms with Crippen molar-refractivity contribution in [3.8, 4) is 0 Å². The number of ether oxygens (including phenoxy) is 1. The van der Waals surface area contributed by atoms with Crippen LogP contribution in [0.5, 0.6) is 0 Å². The Kier molecular flexibility index (Phi) is 4.83. The molecule has 4 rings (SSSR count). The maximum Gasteiger partial charge on any atom is 0.290 e. The molecule has 1 amide bonds. The molecule has 0 N–H and O–H groups in total. The molecule has 0 saturated carbocycles. The Hall–Kier alpha value is -2.11. The Labute approximate surface area is 160 Å². The third kappa shape index (κ3) is 3.06. The van der Waals surface area contributed by atoms with Crippen LogP contribution in [-0.2, 0) is 11.3 Å². The lowest BCUT2D eigenvalue weighted by Gasteiger charge is -2.24. The maximum absolute atomic E-state index is 13.3. The van der Waals surface area contributed by atoms with Crippen LogP contribution in [0.1, 0.15) is 40.6 Å². The van der Waals surface area contributed by atoms with Gasteiger partial charge in [0.05, 0.1) is 12.6 Å². The van der Waals surface area contributed by atoms with E-state index in [1.54, 1.807) is 7.11 Å². The molecule has 1 unspecified atom stereocenters. The Morgan fingerprint density at radius 1 is 1.23 bits per heavy atom. The van der Waals surface area contributed by atoms with Crippen LogP contribution in [-0.4, -0.2) is 24.5 Å². The van der Waals surface area contributed by atoms with Gasteiger partial charge in [0.2, 0.25) is 0 Å². The van der Waals surface area contributed by atoms with E-state index < -0.39 is 0 Å². The number of nitrogens with zero attached hydrogens (tertiary/aromatic N) is 1. The summed E-state index contributed by atoms with van der Waals surface area (Å²) >= 11 is 3.47. The van der Waals surface area contributed by atoms with Crippen molar-refractivity contribution in [3.63, 3.8) is 0 Å². The van der Waals surface area contributed by atoms with Gasteiger partial charge in [-0.1, -0.05) is 46.3 Å². The molecule has 0 aliphatic carbocycles. The smallest absolute Gasteiger partial charge is 0.290 e. The van der Waals surface area contributed by atoms with Crippen molar-refractivity contribution in [2.45, 2.75) is 25.5 Å². The predicted octanol–water partition coefficient (Wildman–Crippen LogP) is 5.32. The lowest BCUT2D eigenvalue weighted by atomic mass is 10.0. The van der Waals surface area contributed by atoms with Crippen molar-refractivity contribution >= 4 is 32.8 Å². The first kappa shape index (κ1) is 17.3. The van der Waals surface area contributed by atoms with E-state index in [1.165, 1.54) is 0 Å². The van der Waals surface area contributed by atoms with Crippen molar-refractivity contribution in [3.05, 3.63) is 69.9 Å². The molecular formula is C21H20BrNO3. The molecule has 0 spiro atoms. The van der Waals surface area contributed by atoms with Crippen molar-refractivity contribution in [1.29, 1.82) is 0 Å². The molecule has 0 bridgehead atoms. The highest BCUT2D eigenvalue weighted by atomic mass is 79.9. The number of benzene rings is 2. The van der Waals surface area contributed by atoms with Crippen molar-refractivity contribution in [1.82, 2.24) is 4.90 Å². The number of methoxy groups -OCH3 is 1. The highest BCUT2D eigenvalue weighted by molar-refractivity contribution is 9.10. The second-order valence-electron chi connectivity index (χ2n) is 6.55. The van der Waals surface area contributed by atoms with Gasteiger partial charge in [0.15, 0.2) is 5.76 Å². The topological polar surface area (TPSA) is 42.7 Å². The fourth-order valence-electron chi connectivity index (χ4n) is 3.73. The monoisotopic (exact) mass is 413 g/mol. The number of amides is 1. The first-order valence-electron chi connectivity index (χ1n) is 8.75. The number of furan rings is 1. The molecule has 2 aromatic carbocycles. The minimum absolute atomic E-state index is 0.0568. The van der Waals surface area contributed by atoms with E-state index in [0.29, 0.717) is 12.4 Å². The number of para-hydroxylation sites is 1. The molecular weight excluding hydrogens is 394 g/mol. The number of likely N-dealkylation sites (tertiary alicyclic amines) is 1. The van der Waals surface area contributed by atoms with Crippen LogP contribution in [0.3, 0.4) is 0 Å². The lowest BCUT2D eigenvalue weighted by Crippen LogP contribution is -2.31. The van der Waals surface area contributed by atoms with Gasteiger partial charge in [0.25, 0.3) is 5.91 Å². The fraction of sp³-hybridized carbons (Fsp3) is 0.286. The van der Waals surface area contributed by atoms with Crippen molar-refractivity contribution < 1.29 is 13.9 Å². The van der Waals surface area contributed by atoms with E-state index >= 15 is 0 Å². The van der Waals surface area contributed by atoms with Crippen molar-refractivity contribution in [2.75, 3.05) is 13.7 Å². The summed E-state index contributed by atoms with van der Waals surface area (Å²) in [5.74, 6) is 0.343. The molecule has 1 aromatic heterocycles. The summed E-state index contributed by atoms with van der Waals surface area (Å²) in [7, 11) is 1.64. The highest BCUT2D eigenvalue weighted by Crippen LogP contribution is 2.36. The second kappa shape index (κ2) is 7.25. The van der Waals surface area contributed by atoms with Crippen LogP contribution in [0.25, 0.3) is 11.0 Å². The van der Waals surface area contributed by atoms with E-state index in [4.69, 9.17) is 9.15 Å².